The summed E-state index contributed by atoms with van der Waals surface area (Å²) in [5.41, 5.74) is 1.87. The average Bonchev–Trinajstić information content (AvgIpc) is 2.61. The fraction of sp³-hybridized carbons (Fsp3) is 0.350. The van der Waals surface area contributed by atoms with Crippen LogP contribution in [0.4, 0.5) is 5.69 Å². The van der Waals surface area contributed by atoms with E-state index < -0.39 is 0 Å². The monoisotopic (exact) mass is 339 g/mol. The molecule has 5 heteroatoms. The number of carbonyl (C=O) groups is 1. The summed E-state index contributed by atoms with van der Waals surface area (Å²) in [6.45, 7) is 7.28. The van der Waals surface area contributed by atoms with Crippen molar-refractivity contribution in [2.24, 2.45) is 0 Å². The fourth-order valence-electron chi connectivity index (χ4n) is 2.88. The van der Waals surface area contributed by atoms with E-state index in [1.165, 1.54) is 5.56 Å². The minimum atomic E-state index is -0.0197. The molecule has 1 heterocycles. The molecule has 2 N–H and O–H groups in total. The molecule has 25 heavy (non-hydrogen) atoms. The SMILES string of the molecule is Cc1ccc(Oc2ccccc2NC(=O)CN2CCNC[C@@H]2C)cc1. The zero-order valence-corrected chi connectivity index (χ0v) is 14.8. The number of rotatable bonds is 5. The molecule has 1 aliphatic rings. The van der Waals surface area contributed by atoms with Crippen LogP contribution in [0, 0.1) is 6.92 Å². The number of ether oxygens (including phenoxy) is 1. The summed E-state index contributed by atoms with van der Waals surface area (Å²) in [6, 6.07) is 15.7. The van der Waals surface area contributed by atoms with Crippen LogP contribution in [0.15, 0.2) is 48.5 Å². The van der Waals surface area contributed by atoms with E-state index >= 15 is 0 Å². The summed E-state index contributed by atoms with van der Waals surface area (Å²) in [5.74, 6) is 1.38. The Balaban J connectivity index is 1.65. The van der Waals surface area contributed by atoms with Crippen molar-refractivity contribution < 1.29 is 9.53 Å². The Kier molecular flexibility index (Phi) is 5.68. The summed E-state index contributed by atoms with van der Waals surface area (Å²) >= 11 is 0. The lowest BCUT2D eigenvalue weighted by Gasteiger charge is -2.33. The summed E-state index contributed by atoms with van der Waals surface area (Å²) in [6.07, 6.45) is 0. The normalized spacial score (nSPS) is 17.9. The summed E-state index contributed by atoms with van der Waals surface area (Å²) in [4.78, 5) is 14.6. The van der Waals surface area contributed by atoms with Crippen LogP contribution in [-0.2, 0) is 4.79 Å². The van der Waals surface area contributed by atoms with E-state index in [1.807, 2.05) is 55.5 Å². The van der Waals surface area contributed by atoms with Crippen molar-refractivity contribution >= 4 is 11.6 Å². The van der Waals surface area contributed by atoms with Gasteiger partial charge in [0, 0.05) is 25.7 Å². The van der Waals surface area contributed by atoms with Gasteiger partial charge in [0.25, 0.3) is 0 Å². The average molecular weight is 339 g/mol. The van der Waals surface area contributed by atoms with E-state index in [0.29, 0.717) is 24.0 Å². The van der Waals surface area contributed by atoms with E-state index in [9.17, 15) is 4.79 Å². The Bertz CT molecular complexity index is 715. The third kappa shape index (κ3) is 4.81. The number of amides is 1. The van der Waals surface area contributed by atoms with Gasteiger partial charge in [-0.25, -0.2) is 0 Å². The van der Waals surface area contributed by atoms with Gasteiger partial charge in [0.1, 0.15) is 5.75 Å². The molecule has 1 fully saturated rings. The number of anilines is 1. The highest BCUT2D eigenvalue weighted by Crippen LogP contribution is 2.29. The second kappa shape index (κ2) is 8.14. The van der Waals surface area contributed by atoms with Gasteiger partial charge in [-0.2, -0.15) is 0 Å². The molecule has 3 rings (SSSR count). The van der Waals surface area contributed by atoms with Gasteiger partial charge in [-0.3, -0.25) is 9.69 Å². The lowest BCUT2D eigenvalue weighted by Crippen LogP contribution is -2.51. The van der Waals surface area contributed by atoms with Crippen LogP contribution in [0.25, 0.3) is 0 Å². The van der Waals surface area contributed by atoms with Crippen molar-refractivity contribution in [1.82, 2.24) is 10.2 Å². The maximum atomic E-state index is 12.4. The molecule has 132 valence electrons. The first kappa shape index (κ1) is 17.5. The molecule has 0 spiro atoms. The van der Waals surface area contributed by atoms with E-state index in [1.54, 1.807) is 0 Å². The third-order valence-corrected chi connectivity index (χ3v) is 4.40. The Morgan fingerprint density at radius 3 is 2.76 bits per heavy atom. The molecule has 5 nitrogen and oxygen atoms in total. The van der Waals surface area contributed by atoms with Gasteiger partial charge in [0.15, 0.2) is 5.75 Å². The van der Waals surface area contributed by atoms with Crippen LogP contribution < -0.4 is 15.4 Å². The number of para-hydroxylation sites is 2. The minimum absolute atomic E-state index is 0.0197. The molecule has 2 aromatic rings. The summed E-state index contributed by atoms with van der Waals surface area (Å²) in [5, 5.41) is 6.32. The number of nitrogens with zero attached hydrogens (tertiary/aromatic N) is 1. The van der Waals surface area contributed by atoms with Gasteiger partial charge in [-0.1, -0.05) is 29.8 Å². The number of benzene rings is 2. The standard InChI is InChI=1S/C20H25N3O2/c1-15-7-9-17(10-8-15)25-19-6-4-3-5-18(19)22-20(24)14-23-12-11-21-13-16(23)2/h3-10,16,21H,11-14H2,1-2H3,(H,22,24)/t16-/m0/s1. The molecule has 1 amide bonds. The molecule has 0 aromatic heterocycles. The largest absolute Gasteiger partial charge is 0.455 e. The Morgan fingerprint density at radius 1 is 1.24 bits per heavy atom. The highest BCUT2D eigenvalue weighted by Gasteiger charge is 2.20. The van der Waals surface area contributed by atoms with E-state index in [0.717, 1.165) is 25.4 Å². The number of aryl methyl sites for hydroxylation is 1. The van der Waals surface area contributed by atoms with Crippen LogP contribution in [0.5, 0.6) is 11.5 Å². The van der Waals surface area contributed by atoms with Crippen molar-refractivity contribution in [3.8, 4) is 11.5 Å². The van der Waals surface area contributed by atoms with Gasteiger partial charge in [0.05, 0.1) is 12.2 Å². The van der Waals surface area contributed by atoms with Crippen LogP contribution in [-0.4, -0.2) is 43.0 Å². The molecule has 1 saturated heterocycles. The first-order chi connectivity index (χ1) is 12.1. The zero-order chi connectivity index (χ0) is 17.6. The first-order valence-electron chi connectivity index (χ1n) is 8.70. The van der Waals surface area contributed by atoms with Crippen molar-refractivity contribution in [3.05, 3.63) is 54.1 Å². The molecule has 0 aliphatic carbocycles. The summed E-state index contributed by atoms with van der Waals surface area (Å²) in [7, 11) is 0. The maximum Gasteiger partial charge on any atom is 0.238 e. The number of hydrogen-bond acceptors (Lipinski definition) is 4. The fourth-order valence-corrected chi connectivity index (χ4v) is 2.88. The Labute approximate surface area is 149 Å². The predicted octanol–water partition coefficient (Wildman–Crippen LogP) is 3.02. The van der Waals surface area contributed by atoms with Crippen LogP contribution >= 0.6 is 0 Å². The van der Waals surface area contributed by atoms with Gasteiger partial charge in [-0.15, -0.1) is 0 Å². The topological polar surface area (TPSA) is 53.6 Å². The number of nitrogens with one attached hydrogen (secondary N) is 2. The second-order valence-electron chi connectivity index (χ2n) is 6.48. The summed E-state index contributed by atoms with van der Waals surface area (Å²) < 4.78 is 5.94. The zero-order valence-electron chi connectivity index (χ0n) is 14.8. The molecular formula is C20H25N3O2. The van der Waals surface area contributed by atoms with Crippen LogP contribution in [0.3, 0.4) is 0 Å². The minimum Gasteiger partial charge on any atom is -0.455 e. The molecule has 0 radical (unpaired) electrons. The highest BCUT2D eigenvalue weighted by atomic mass is 16.5. The molecular weight excluding hydrogens is 314 g/mol. The number of carbonyl (C=O) groups excluding carboxylic acids is 1. The lowest BCUT2D eigenvalue weighted by molar-refractivity contribution is -0.118. The Hall–Kier alpha value is -2.37. The third-order valence-electron chi connectivity index (χ3n) is 4.40. The molecule has 1 atom stereocenters. The van der Waals surface area contributed by atoms with Crippen LogP contribution in [0.1, 0.15) is 12.5 Å². The van der Waals surface area contributed by atoms with E-state index in [2.05, 4.69) is 22.5 Å². The highest BCUT2D eigenvalue weighted by molar-refractivity contribution is 5.93. The van der Waals surface area contributed by atoms with Crippen molar-refractivity contribution in [2.45, 2.75) is 19.9 Å². The van der Waals surface area contributed by atoms with Gasteiger partial charge >= 0.3 is 0 Å². The van der Waals surface area contributed by atoms with Crippen molar-refractivity contribution in [1.29, 1.82) is 0 Å². The van der Waals surface area contributed by atoms with Gasteiger partial charge in [0.2, 0.25) is 5.91 Å². The second-order valence-corrected chi connectivity index (χ2v) is 6.48. The smallest absolute Gasteiger partial charge is 0.238 e. The van der Waals surface area contributed by atoms with Gasteiger partial charge in [-0.05, 0) is 38.1 Å². The molecule has 0 saturated carbocycles. The van der Waals surface area contributed by atoms with E-state index in [-0.39, 0.29) is 5.91 Å². The lowest BCUT2D eigenvalue weighted by atomic mass is 10.2. The molecule has 0 unspecified atom stereocenters. The predicted molar refractivity (Wildman–Crippen MR) is 100 cm³/mol. The maximum absolute atomic E-state index is 12.4. The van der Waals surface area contributed by atoms with Gasteiger partial charge < -0.3 is 15.4 Å². The first-order valence-corrected chi connectivity index (χ1v) is 8.70. The number of piperazine rings is 1. The van der Waals surface area contributed by atoms with E-state index in [4.69, 9.17) is 4.74 Å². The van der Waals surface area contributed by atoms with Crippen LogP contribution in [0.2, 0.25) is 0 Å². The van der Waals surface area contributed by atoms with Crippen molar-refractivity contribution in [2.75, 3.05) is 31.5 Å². The van der Waals surface area contributed by atoms with Crippen molar-refractivity contribution in [3.63, 3.8) is 0 Å². The quantitative estimate of drug-likeness (QED) is 0.879. The molecule has 1 aliphatic heterocycles. The number of hydrogen-bond donors (Lipinski definition) is 2. The molecule has 2 aromatic carbocycles. The Morgan fingerprint density at radius 2 is 2.00 bits per heavy atom. The molecule has 0 bridgehead atoms.